The average molecular weight is 264 g/mol. The van der Waals surface area contributed by atoms with Crippen LogP contribution in [0.25, 0.3) is 10.4 Å². The summed E-state index contributed by atoms with van der Waals surface area (Å²) in [4.78, 5) is 8.99. The molecule has 0 amide bonds. The molecule has 1 aliphatic heterocycles. The van der Waals surface area contributed by atoms with E-state index in [9.17, 15) is 0 Å². The summed E-state index contributed by atoms with van der Waals surface area (Å²) in [5, 5.41) is 2.77. The van der Waals surface area contributed by atoms with Gasteiger partial charge in [0.05, 0.1) is 11.4 Å². The maximum atomic E-state index is 4.50. The molecule has 2 aromatic rings. The maximum absolute atomic E-state index is 4.50. The third-order valence-corrected chi connectivity index (χ3v) is 7.18. The maximum Gasteiger partial charge on any atom is 0.117 e. The lowest BCUT2D eigenvalue weighted by molar-refractivity contribution is 1.28. The van der Waals surface area contributed by atoms with Crippen LogP contribution in [-0.4, -0.2) is 18.0 Å². The number of allylic oxidation sites excluding steroid dienone is 2. The number of hydrogen-bond donors (Lipinski definition) is 0. The molecule has 1 aliphatic rings. The van der Waals surface area contributed by atoms with Crippen molar-refractivity contribution in [3.8, 4) is 0 Å². The molecule has 2 nitrogen and oxygen atoms in total. The van der Waals surface area contributed by atoms with Gasteiger partial charge in [-0.3, -0.25) is 9.97 Å². The molecule has 0 bridgehead atoms. The number of nitrogens with zero attached hydrogens (tertiary/aromatic N) is 2. The van der Waals surface area contributed by atoms with Crippen molar-refractivity contribution in [3.05, 3.63) is 72.3 Å². The normalized spacial score (nSPS) is 16.9. The molecule has 0 aromatic carbocycles. The minimum atomic E-state index is -1.68. The van der Waals surface area contributed by atoms with Gasteiger partial charge in [-0.1, -0.05) is 37.4 Å². The molecular formula is C16H16N2Si. The quantitative estimate of drug-likeness (QED) is 0.772. The Morgan fingerprint density at radius 1 is 0.737 bits per heavy atom. The second-order valence-corrected chi connectivity index (χ2v) is 9.54. The summed E-state index contributed by atoms with van der Waals surface area (Å²) in [7, 11) is -1.68. The summed E-state index contributed by atoms with van der Waals surface area (Å²) in [6.07, 6.45) is 8.16. The van der Waals surface area contributed by atoms with E-state index >= 15 is 0 Å². The molecule has 0 saturated carbocycles. The lowest BCUT2D eigenvalue weighted by atomic mass is 10.3. The van der Waals surface area contributed by atoms with Crippen LogP contribution in [0.4, 0.5) is 0 Å². The van der Waals surface area contributed by atoms with Crippen LogP contribution in [0.1, 0.15) is 11.4 Å². The first kappa shape index (κ1) is 12.1. The molecule has 0 aliphatic carbocycles. The lowest BCUT2D eigenvalue weighted by Crippen LogP contribution is -2.28. The number of hydrogen-bond acceptors (Lipinski definition) is 2. The molecule has 3 rings (SSSR count). The Morgan fingerprint density at radius 2 is 1.21 bits per heavy atom. The van der Waals surface area contributed by atoms with Crippen molar-refractivity contribution in [2.45, 2.75) is 13.1 Å². The molecule has 0 N–H and O–H groups in total. The fraction of sp³-hybridized carbons (Fsp3) is 0.125. The molecule has 3 heteroatoms. The highest BCUT2D eigenvalue weighted by atomic mass is 28.3. The van der Waals surface area contributed by atoms with Gasteiger partial charge in [-0.2, -0.15) is 0 Å². The van der Waals surface area contributed by atoms with Crippen molar-refractivity contribution in [2.75, 3.05) is 0 Å². The van der Waals surface area contributed by atoms with E-state index in [1.807, 2.05) is 36.7 Å². The van der Waals surface area contributed by atoms with Gasteiger partial charge in [0.1, 0.15) is 8.07 Å². The summed E-state index contributed by atoms with van der Waals surface area (Å²) in [5.74, 6) is 0. The summed E-state index contributed by atoms with van der Waals surface area (Å²) >= 11 is 0. The third kappa shape index (κ3) is 2.06. The molecular weight excluding hydrogens is 248 g/mol. The van der Waals surface area contributed by atoms with Gasteiger partial charge in [0.15, 0.2) is 0 Å². The minimum Gasteiger partial charge on any atom is -0.257 e. The Balaban J connectivity index is 1.99. The molecule has 0 radical (unpaired) electrons. The van der Waals surface area contributed by atoms with Gasteiger partial charge in [-0.05, 0) is 34.7 Å². The van der Waals surface area contributed by atoms with E-state index in [0.717, 1.165) is 11.4 Å². The molecule has 0 saturated heterocycles. The first-order chi connectivity index (χ1) is 9.19. The largest absolute Gasteiger partial charge is 0.257 e. The monoisotopic (exact) mass is 264 g/mol. The van der Waals surface area contributed by atoms with Crippen LogP contribution in [0.2, 0.25) is 13.1 Å². The van der Waals surface area contributed by atoms with Crippen molar-refractivity contribution in [3.63, 3.8) is 0 Å². The molecule has 3 heterocycles. The van der Waals surface area contributed by atoms with Crippen LogP contribution in [0.5, 0.6) is 0 Å². The predicted octanol–water partition coefficient (Wildman–Crippen LogP) is 3.74. The zero-order valence-corrected chi connectivity index (χ0v) is 12.2. The van der Waals surface area contributed by atoms with Crippen LogP contribution >= 0.6 is 0 Å². The average Bonchev–Trinajstić information content (AvgIpc) is 2.76. The zero-order valence-electron chi connectivity index (χ0n) is 11.2. The Kier molecular flexibility index (Phi) is 2.91. The van der Waals surface area contributed by atoms with Crippen molar-refractivity contribution >= 4 is 18.5 Å². The number of rotatable bonds is 2. The van der Waals surface area contributed by atoms with Crippen LogP contribution in [0.15, 0.2) is 60.9 Å². The summed E-state index contributed by atoms with van der Waals surface area (Å²) in [6, 6.07) is 12.2. The molecule has 0 unspecified atom stereocenters. The second-order valence-electron chi connectivity index (χ2n) is 5.22. The second kappa shape index (κ2) is 4.59. The molecule has 0 spiro atoms. The number of aromatic nitrogens is 2. The molecule has 0 fully saturated rings. The van der Waals surface area contributed by atoms with Gasteiger partial charge in [0.25, 0.3) is 0 Å². The fourth-order valence-electron chi connectivity index (χ4n) is 2.58. The Bertz CT molecular complexity index is 585. The van der Waals surface area contributed by atoms with E-state index in [1.165, 1.54) is 10.4 Å². The zero-order chi connectivity index (χ0) is 13.3. The molecule has 2 aromatic heterocycles. The van der Waals surface area contributed by atoms with Crippen molar-refractivity contribution in [2.24, 2.45) is 0 Å². The third-order valence-electron chi connectivity index (χ3n) is 3.65. The predicted molar refractivity (Wildman–Crippen MR) is 81.9 cm³/mol. The van der Waals surface area contributed by atoms with Crippen LogP contribution in [-0.2, 0) is 0 Å². The Morgan fingerprint density at radius 3 is 1.58 bits per heavy atom. The van der Waals surface area contributed by atoms with Crippen molar-refractivity contribution in [1.82, 2.24) is 9.97 Å². The first-order valence-corrected chi connectivity index (χ1v) is 9.45. The molecule has 19 heavy (non-hydrogen) atoms. The Labute approximate surface area is 114 Å². The van der Waals surface area contributed by atoms with E-state index in [0.29, 0.717) is 0 Å². The van der Waals surface area contributed by atoms with E-state index < -0.39 is 8.07 Å². The van der Waals surface area contributed by atoms with E-state index in [1.54, 1.807) is 0 Å². The summed E-state index contributed by atoms with van der Waals surface area (Å²) in [6.45, 7) is 4.72. The minimum absolute atomic E-state index is 1.10. The van der Waals surface area contributed by atoms with E-state index in [2.05, 4.69) is 47.3 Å². The smallest absolute Gasteiger partial charge is 0.117 e. The van der Waals surface area contributed by atoms with Gasteiger partial charge in [0, 0.05) is 12.4 Å². The summed E-state index contributed by atoms with van der Waals surface area (Å²) < 4.78 is 0. The SMILES string of the molecule is C[Si]1(C)C(c2ccccn2)=CC=C1c1ccccn1. The standard InChI is InChI=1S/C16H16N2Si/c1-19(2)15(13-7-3-5-11-17-13)9-10-16(19)14-8-4-6-12-18-14/h3-12H,1-2H3. The van der Waals surface area contributed by atoms with E-state index in [4.69, 9.17) is 0 Å². The molecule has 94 valence electrons. The lowest BCUT2D eigenvalue weighted by Gasteiger charge is -2.24. The first-order valence-electron chi connectivity index (χ1n) is 6.45. The highest BCUT2D eigenvalue weighted by molar-refractivity contribution is 7.09. The van der Waals surface area contributed by atoms with Gasteiger partial charge in [0.2, 0.25) is 0 Å². The van der Waals surface area contributed by atoms with Gasteiger partial charge in [-0.25, -0.2) is 0 Å². The highest BCUT2D eigenvalue weighted by Gasteiger charge is 2.36. The molecule has 0 atom stereocenters. The van der Waals surface area contributed by atoms with Gasteiger partial charge >= 0.3 is 0 Å². The van der Waals surface area contributed by atoms with Crippen LogP contribution in [0.3, 0.4) is 0 Å². The van der Waals surface area contributed by atoms with Crippen molar-refractivity contribution < 1.29 is 0 Å². The Hall–Kier alpha value is -2.00. The van der Waals surface area contributed by atoms with Gasteiger partial charge < -0.3 is 0 Å². The van der Waals surface area contributed by atoms with Crippen molar-refractivity contribution in [1.29, 1.82) is 0 Å². The topological polar surface area (TPSA) is 25.8 Å². The fourth-order valence-corrected chi connectivity index (χ4v) is 5.45. The highest BCUT2D eigenvalue weighted by Crippen LogP contribution is 2.39. The van der Waals surface area contributed by atoms with E-state index in [-0.39, 0.29) is 0 Å². The summed E-state index contributed by atoms with van der Waals surface area (Å²) in [5.41, 5.74) is 2.20. The number of pyridine rings is 2. The van der Waals surface area contributed by atoms with Gasteiger partial charge in [-0.15, -0.1) is 0 Å². The van der Waals surface area contributed by atoms with Crippen LogP contribution in [0, 0.1) is 0 Å². The van der Waals surface area contributed by atoms with Crippen LogP contribution < -0.4 is 0 Å².